The highest BCUT2D eigenvalue weighted by molar-refractivity contribution is 5.70. The topological polar surface area (TPSA) is 62.2 Å². The number of rotatable bonds is 4. The highest BCUT2D eigenvalue weighted by atomic mass is 16.4. The molecule has 4 nitrogen and oxygen atoms in total. The molecule has 1 aromatic heterocycles. The first kappa shape index (κ1) is 13.8. The number of nitrogens with one attached hydrogen (secondary N) is 1. The Hall–Kier alpha value is -1.58. The fourth-order valence-corrected chi connectivity index (χ4v) is 2.81. The second-order valence-corrected chi connectivity index (χ2v) is 5.58. The number of hydrogen-bond acceptors (Lipinski definition) is 3. The minimum atomic E-state index is -0.633. The molecule has 1 aliphatic carbocycles. The highest BCUT2D eigenvalue weighted by Gasteiger charge is 2.25. The maximum absolute atomic E-state index is 10.9. The van der Waals surface area contributed by atoms with Gasteiger partial charge in [-0.3, -0.25) is 9.78 Å². The Morgan fingerprint density at radius 3 is 2.37 bits per heavy atom. The predicted molar refractivity (Wildman–Crippen MR) is 75.3 cm³/mol. The Labute approximate surface area is 114 Å². The van der Waals surface area contributed by atoms with Crippen LogP contribution in [0.25, 0.3) is 0 Å². The van der Waals surface area contributed by atoms with E-state index in [-0.39, 0.29) is 5.92 Å². The first-order valence-electron chi connectivity index (χ1n) is 6.96. The lowest BCUT2D eigenvalue weighted by molar-refractivity contribution is -0.143. The standard InChI is InChI=1S/C15H22N2O2/c1-10-7-14(8-11(2)17-10)16-9-12-3-5-13(6-4-12)15(18)19/h7-8,12-13H,3-6,9H2,1-2H3,(H,16,17)(H,18,19). The molecule has 4 heteroatoms. The van der Waals surface area contributed by atoms with Crippen LogP contribution in [0.2, 0.25) is 0 Å². The Bertz CT molecular complexity index is 431. The van der Waals surface area contributed by atoms with Crippen LogP contribution in [-0.2, 0) is 4.79 Å². The summed E-state index contributed by atoms with van der Waals surface area (Å²) in [5.74, 6) is -0.169. The summed E-state index contributed by atoms with van der Waals surface area (Å²) in [6.07, 6.45) is 3.65. The molecular formula is C15H22N2O2. The summed E-state index contributed by atoms with van der Waals surface area (Å²) in [5, 5.41) is 12.4. The zero-order valence-corrected chi connectivity index (χ0v) is 11.6. The normalized spacial score (nSPS) is 23.1. The molecule has 0 saturated heterocycles. The SMILES string of the molecule is Cc1cc(NCC2CCC(C(=O)O)CC2)cc(C)n1. The Balaban J connectivity index is 1.82. The van der Waals surface area contributed by atoms with Gasteiger partial charge in [-0.2, -0.15) is 0 Å². The van der Waals surface area contributed by atoms with Gasteiger partial charge < -0.3 is 10.4 Å². The van der Waals surface area contributed by atoms with E-state index in [1.165, 1.54) is 0 Å². The maximum Gasteiger partial charge on any atom is 0.306 e. The number of aliphatic carboxylic acids is 1. The van der Waals surface area contributed by atoms with Crippen LogP contribution < -0.4 is 5.32 Å². The van der Waals surface area contributed by atoms with E-state index in [9.17, 15) is 4.79 Å². The predicted octanol–water partition coefficient (Wildman–Crippen LogP) is 3.00. The average Bonchev–Trinajstić information content (AvgIpc) is 2.36. The van der Waals surface area contributed by atoms with Gasteiger partial charge in [0.05, 0.1) is 5.92 Å². The van der Waals surface area contributed by atoms with Crippen molar-refractivity contribution in [2.45, 2.75) is 39.5 Å². The highest BCUT2D eigenvalue weighted by Crippen LogP contribution is 2.29. The fraction of sp³-hybridized carbons (Fsp3) is 0.600. The van der Waals surface area contributed by atoms with Crippen molar-refractivity contribution in [2.75, 3.05) is 11.9 Å². The van der Waals surface area contributed by atoms with Crippen molar-refractivity contribution >= 4 is 11.7 Å². The van der Waals surface area contributed by atoms with Crippen LogP contribution in [0.3, 0.4) is 0 Å². The second kappa shape index (κ2) is 6.04. The molecule has 1 saturated carbocycles. The van der Waals surface area contributed by atoms with Crippen LogP contribution >= 0.6 is 0 Å². The van der Waals surface area contributed by atoms with E-state index in [0.29, 0.717) is 5.92 Å². The summed E-state index contributed by atoms with van der Waals surface area (Å²) in [5.41, 5.74) is 3.17. The summed E-state index contributed by atoms with van der Waals surface area (Å²) < 4.78 is 0. The average molecular weight is 262 g/mol. The minimum absolute atomic E-state index is 0.123. The van der Waals surface area contributed by atoms with Gasteiger partial charge >= 0.3 is 5.97 Å². The van der Waals surface area contributed by atoms with Crippen molar-refractivity contribution < 1.29 is 9.90 Å². The van der Waals surface area contributed by atoms with Crippen LogP contribution in [0.1, 0.15) is 37.1 Å². The summed E-state index contributed by atoms with van der Waals surface area (Å²) in [4.78, 5) is 15.2. The molecule has 19 heavy (non-hydrogen) atoms. The van der Waals surface area contributed by atoms with Crippen molar-refractivity contribution in [1.82, 2.24) is 4.98 Å². The van der Waals surface area contributed by atoms with E-state index >= 15 is 0 Å². The Kier molecular flexibility index (Phi) is 4.40. The largest absolute Gasteiger partial charge is 0.481 e. The van der Waals surface area contributed by atoms with Crippen LogP contribution in [0.5, 0.6) is 0 Å². The van der Waals surface area contributed by atoms with E-state index in [1.54, 1.807) is 0 Å². The van der Waals surface area contributed by atoms with E-state index < -0.39 is 5.97 Å². The number of aromatic nitrogens is 1. The number of anilines is 1. The third kappa shape index (κ3) is 3.94. The minimum Gasteiger partial charge on any atom is -0.481 e. The molecule has 0 spiro atoms. The zero-order valence-electron chi connectivity index (χ0n) is 11.6. The van der Waals surface area contributed by atoms with Gasteiger partial charge in [0.25, 0.3) is 0 Å². The molecule has 1 aromatic rings. The van der Waals surface area contributed by atoms with Gasteiger partial charge in [-0.05, 0) is 57.6 Å². The number of aryl methyl sites for hydroxylation is 2. The molecule has 1 aliphatic rings. The summed E-state index contributed by atoms with van der Waals surface area (Å²) >= 11 is 0. The van der Waals surface area contributed by atoms with E-state index in [4.69, 9.17) is 5.11 Å². The molecular weight excluding hydrogens is 240 g/mol. The number of carboxylic acid groups (broad SMARTS) is 1. The van der Waals surface area contributed by atoms with E-state index in [0.717, 1.165) is 49.3 Å². The summed E-state index contributed by atoms with van der Waals surface area (Å²) in [6.45, 7) is 4.92. The summed E-state index contributed by atoms with van der Waals surface area (Å²) in [7, 11) is 0. The second-order valence-electron chi connectivity index (χ2n) is 5.58. The molecule has 0 amide bonds. The van der Waals surface area contributed by atoms with Gasteiger partial charge in [-0.1, -0.05) is 0 Å². The van der Waals surface area contributed by atoms with Gasteiger partial charge in [0.1, 0.15) is 0 Å². The molecule has 0 bridgehead atoms. The lowest BCUT2D eigenvalue weighted by Crippen LogP contribution is -2.25. The quantitative estimate of drug-likeness (QED) is 0.875. The first-order valence-corrected chi connectivity index (χ1v) is 6.96. The number of pyridine rings is 1. The van der Waals surface area contributed by atoms with E-state index in [1.807, 2.05) is 13.8 Å². The van der Waals surface area contributed by atoms with Gasteiger partial charge in [0, 0.05) is 23.6 Å². The van der Waals surface area contributed by atoms with Crippen molar-refractivity contribution in [3.05, 3.63) is 23.5 Å². The molecule has 2 N–H and O–H groups in total. The van der Waals surface area contributed by atoms with Crippen LogP contribution in [0.4, 0.5) is 5.69 Å². The summed E-state index contributed by atoms with van der Waals surface area (Å²) in [6, 6.07) is 4.10. The van der Waals surface area contributed by atoms with Gasteiger partial charge in [-0.25, -0.2) is 0 Å². The Morgan fingerprint density at radius 1 is 1.26 bits per heavy atom. The van der Waals surface area contributed by atoms with Crippen LogP contribution in [-0.4, -0.2) is 22.6 Å². The monoisotopic (exact) mass is 262 g/mol. The molecule has 0 atom stereocenters. The lowest BCUT2D eigenvalue weighted by Gasteiger charge is -2.26. The molecule has 1 heterocycles. The zero-order chi connectivity index (χ0) is 13.8. The molecule has 0 unspecified atom stereocenters. The molecule has 0 radical (unpaired) electrons. The number of carbonyl (C=O) groups is 1. The maximum atomic E-state index is 10.9. The third-order valence-corrected chi connectivity index (χ3v) is 3.87. The number of hydrogen-bond donors (Lipinski definition) is 2. The molecule has 1 fully saturated rings. The number of nitrogens with zero attached hydrogens (tertiary/aromatic N) is 1. The van der Waals surface area contributed by atoms with Crippen molar-refractivity contribution in [3.63, 3.8) is 0 Å². The molecule has 0 aromatic carbocycles. The van der Waals surface area contributed by atoms with Crippen LogP contribution in [0.15, 0.2) is 12.1 Å². The molecule has 2 rings (SSSR count). The van der Waals surface area contributed by atoms with Crippen molar-refractivity contribution in [3.8, 4) is 0 Å². The molecule has 104 valence electrons. The van der Waals surface area contributed by atoms with Gasteiger partial charge in [0.2, 0.25) is 0 Å². The number of carboxylic acids is 1. The van der Waals surface area contributed by atoms with Crippen molar-refractivity contribution in [1.29, 1.82) is 0 Å². The van der Waals surface area contributed by atoms with Gasteiger partial charge in [-0.15, -0.1) is 0 Å². The fourth-order valence-electron chi connectivity index (χ4n) is 2.81. The lowest BCUT2D eigenvalue weighted by atomic mass is 9.82. The van der Waals surface area contributed by atoms with Crippen LogP contribution in [0, 0.1) is 25.7 Å². The Morgan fingerprint density at radius 2 is 1.84 bits per heavy atom. The molecule has 0 aliphatic heterocycles. The van der Waals surface area contributed by atoms with Crippen molar-refractivity contribution in [2.24, 2.45) is 11.8 Å². The van der Waals surface area contributed by atoms with Gasteiger partial charge in [0.15, 0.2) is 0 Å². The smallest absolute Gasteiger partial charge is 0.306 e. The van der Waals surface area contributed by atoms with E-state index in [2.05, 4.69) is 22.4 Å². The third-order valence-electron chi connectivity index (χ3n) is 3.87. The first-order chi connectivity index (χ1) is 9.04.